The number of anilines is 1. The summed E-state index contributed by atoms with van der Waals surface area (Å²) in [6.07, 6.45) is 1.59. The summed E-state index contributed by atoms with van der Waals surface area (Å²) in [5.74, 6) is -0.0561. The zero-order valence-corrected chi connectivity index (χ0v) is 11.1. The van der Waals surface area contributed by atoms with Crippen molar-refractivity contribution < 1.29 is 9.90 Å². The minimum Gasteiger partial charge on any atom is -0.505 e. The number of aliphatic hydroxyl groups is 1. The Morgan fingerprint density at radius 1 is 1.20 bits per heavy atom. The van der Waals surface area contributed by atoms with Crippen LogP contribution in [-0.4, -0.2) is 16.0 Å². The van der Waals surface area contributed by atoms with Crippen LogP contribution >= 0.6 is 11.9 Å². The first-order chi connectivity index (χ1) is 9.75. The van der Waals surface area contributed by atoms with Crippen molar-refractivity contribution in [1.82, 2.24) is 9.71 Å². The van der Waals surface area contributed by atoms with Crippen LogP contribution in [0, 0.1) is 0 Å². The van der Waals surface area contributed by atoms with Gasteiger partial charge in [0.25, 0.3) is 5.91 Å². The number of nitrogens with one attached hydrogen (secondary N) is 2. The number of pyridine rings is 1. The van der Waals surface area contributed by atoms with E-state index in [1.165, 1.54) is 11.9 Å². The van der Waals surface area contributed by atoms with Gasteiger partial charge in [0.05, 0.1) is 0 Å². The lowest BCUT2D eigenvalue weighted by Crippen LogP contribution is -2.26. The van der Waals surface area contributed by atoms with E-state index in [1.54, 1.807) is 30.5 Å². The van der Waals surface area contributed by atoms with Crippen LogP contribution in [0.15, 0.2) is 59.3 Å². The van der Waals surface area contributed by atoms with Crippen LogP contribution in [0.5, 0.6) is 0 Å². The number of nitrogens with zero attached hydrogens (tertiary/aromatic N) is 1. The van der Waals surface area contributed by atoms with Gasteiger partial charge < -0.3 is 15.1 Å². The van der Waals surface area contributed by atoms with E-state index in [9.17, 15) is 9.90 Å². The van der Waals surface area contributed by atoms with Crippen molar-refractivity contribution in [2.24, 2.45) is 0 Å². The summed E-state index contributed by atoms with van der Waals surface area (Å²) in [5, 5.41) is 12.8. The van der Waals surface area contributed by atoms with Crippen molar-refractivity contribution in [3.8, 4) is 0 Å². The maximum atomic E-state index is 12.1. The third kappa shape index (κ3) is 2.33. The number of fused-ring (bicyclic) bond motifs is 1. The summed E-state index contributed by atoms with van der Waals surface area (Å²) >= 11 is 1.29. The second-order valence-electron chi connectivity index (χ2n) is 4.09. The number of carbonyl (C=O) groups excluding carboxylic acids is 1. The zero-order valence-electron chi connectivity index (χ0n) is 10.3. The minimum atomic E-state index is -0.428. The third-order valence-electron chi connectivity index (χ3n) is 2.78. The molecular weight excluding hydrogens is 274 g/mol. The minimum absolute atomic E-state index is 0.0622. The van der Waals surface area contributed by atoms with Gasteiger partial charge in [0.2, 0.25) is 0 Å². The van der Waals surface area contributed by atoms with Crippen LogP contribution in [0.1, 0.15) is 5.56 Å². The predicted octanol–water partition coefficient (Wildman–Crippen LogP) is 2.56. The molecule has 0 bridgehead atoms. The molecule has 100 valence electrons. The molecule has 0 unspecified atom stereocenters. The predicted molar refractivity (Wildman–Crippen MR) is 77.9 cm³/mol. The third-order valence-corrected chi connectivity index (χ3v) is 3.66. The van der Waals surface area contributed by atoms with E-state index in [1.807, 2.05) is 18.2 Å². The highest BCUT2D eigenvalue weighted by Gasteiger charge is 2.23. The molecule has 0 atom stereocenters. The van der Waals surface area contributed by atoms with Crippen molar-refractivity contribution in [2.75, 3.05) is 5.32 Å². The van der Waals surface area contributed by atoms with Crippen molar-refractivity contribution in [3.63, 3.8) is 0 Å². The molecule has 1 amide bonds. The fourth-order valence-electron chi connectivity index (χ4n) is 1.81. The molecule has 1 aromatic heterocycles. The van der Waals surface area contributed by atoms with Gasteiger partial charge in [0, 0.05) is 16.7 Å². The molecule has 0 spiro atoms. The molecule has 0 aliphatic carbocycles. The zero-order chi connectivity index (χ0) is 13.9. The number of benzene rings is 1. The van der Waals surface area contributed by atoms with Gasteiger partial charge in [-0.1, -0.05) is 18.2 Å². The van der Waals surface area contributed by atoms with E-state index in [4.69, 9.17) is 0 Å². The first-order valence-electron chi connectivity index (χ1n) is 5.93. The van der Waals surface area contributed by atoms with Gasteiger partial charge in [-0.15, -0.1) is 0 Å². The summed E-state index contributed by atoms with van der Waals surface area (Å²) < 4.78 is 2.85. The first kappa shape index (κ1) is 12.6. The van der Waals surface area contributed by atoms with Crippen LogP contribution in [0.3, 0.4) is 0 Å². The SMILES string of the molecule is O=C(Nc1ccccn1)C1=C(O)c2ccccc2SN1. The van der Waals surface area contributed by atoms with Gasteiger partial charge in [-0.3, -0.25) is 4.79 Å². The number of amides is 1. The lowest BCUT2D eigenvalue weighted by atomic mass is 10.1. The normalized spacial score (nSPS) is 13.4. The van der Waals surface area contributed by atoms with E-state index >= 15 is 0 Å². The van der Waals surface area contributed by atoms with Gasteiger partial charge in [0.15, 0.2) is 11.5 Å². The standard InChI is InChI=1S/C14H11N3O2S/c18-13-9-5-1-2-6-10(9)20-17-12(13)14(19)16-11-7-3-4-8-15-11/h1-8,17-18H,(H,15,16,19). The van der Waals surface area contributed by atoms with E-state index in [2.05, 4.69) is 15.0 Å². The lowest BCUT2D eigenvalue weighted by molar-refractivity contribution is -0.113. The maximum Gasteiger partial charge on any atom is 0.277 e. The number of hydrogen-bond donors (Lipinski definition) is 3. The van der Waals surface area contributed by atoms with Crippen LogP contribution in [-0.2, 0) is 4.79 Å². The Labute approximate surface area is 119 Å². The highest BCUT2D eigenvalue weighted by Crippen LogP contribution is 2.32. The molecule has 0 fully saturated rings. The molecule has 1 aromatic carbocycles. The summed E-state index contributed by atoms with van der Waals surface area (Å²) in [6.45, 7) is 0. The summed E-state index contributed by atoms with van der Waals surface area (Å²) in [4.78, 5) is 17.0. The van der Waals surface area contributed by atoms with Crippen molar-refractivity contribution in [3.05, 3.63) is 59.9 Å². The van der Waals surface area contributed by atoms with Crippen LogP contribution in [0.2, 0.25) is 0 Å². The largest absolute Gasteiger partial charge is 0.505 e. The molecule has 1 aliphatic heterocycles. The Morgan fingerprint density at radius 3 is 2.80 bits per heavy atom. The van der Waals surface area contributed by atoms with Crippen LogP contribution < -0.4 is 10.0 Å². The Hall–Kier alpha value is -2.47. The molecule has 2 heterocycles. The van der Waals surface area contributed by atoms with E-state index in [0.29, 0.717) is 11.4 Å². The van der Waals surface area contributed by atoms with Crippen LogP contribution in [0.4, 0.5) is 5.82 Å². The Kier molecular flexibility index (Phi) is 3.30. The van der Waals surface area contributed by atoms with Crippen LogP contribution in [0.25, 0.3) is 5.76 Å². The maximum absolute atomic E-state index is 12.1. The summed E-state index contributed by atoms with van der Waals surface area (Å²) in [5.41, 5.74) is 0.766. The number of carbonyl (C=O) groups is 1. The van der Waals surface area contributed by atoms with Gasteiger partial charge in [-0.2, -0.15) is 0 Å². The topological polar surface area (TPSA) is 74.2 Å². The quantitative estimate of drug-likeness (QED) is 0.739. The monoisotopic (exact) mass is 285 g/mol. The Balaban J connectivity index is 1.89. The fourth-order valence-corrected chi connectivity index (χ4v) is 2.63. The van der Waals surface area contributed by atoms with E-state index in [-0.39, 0.29) is 11.5 Å². The summed E-state index contributed by atoms with van der Waals surface area (Å²) in [7, 11) is 0. The van der Waals surface area contributed by atoms with Crippen molar-refractivity contribution >= 4 is 29.4 Å². The molecule has 3 rings (SSSR count). The molecule has 5 nitrogen and oxygen atoms in total. The fraction of sp³-hybridized carbons (Fsp3) is 0. The van der Waals surface area contributed by atoms with Gasteiger partial charge in [0.1, 0.15) is 5.82 Å². The van der Waals surface area contributed by atoms with Gasteiger partial charge in [-0.05, 0) is 36.2 Å². The van der Waals surface area contributed by atoms with Crippen molar-refractivity contribution in [2.45, 2.75) is 4.90 Å². The molecule has 0 radical (unpaired) electrons. The molecule has 0 saturated carbocycles. The molecule has 3 N–H and O–H groups in total. The average molecular weight is 285 g/mol. The Bertz CT molecular complexity index is 686. The highest BCUT2D eigenvalue weighted by atomic mass is 32.2. The van der Waals surface area contributed by atoms with E-state index < -0.39 is 5.91 Å². The molecule has 20 heavy (non-hydrogen) atoms. The molecule has 1 aliphatic rings. The number of aromatic nitrogens is 1. The summed E-state index contributed by atoms with van der Waals surface area (Å²) in [6, 6.07) is 12.5. The molecule has 2 aromatic rings. The van der Waals surface area contributed by atoms with Crippen molar-refractivity contribution in [1.29, 1.82) is 0 Å². The highest BCUT2D eigenvalue weighted by molar-refractivity contribution is 7.97. The number of hydrogen-bond acceptors (Lipinski definition) is 5. The molecule has 0 saturated heterocycles. The molecular formula is C14H11N3O2S. The van der Waals surface area contributed by atoms with Gasteiger partial charge in [-0.25, -0.2) is 4.98 Å². The smallest absolute Gasteiger partial charge is 0.277 e. The number of aliphatic hydroxyl groups excluding tert-OH is 1. The van der Waals surface area contributed by atoms with Gasteiger partial charge >= 0.3 is 0 Å². The molecule has 6 heteroatoms. The second-order valence-corrected chi connectivity index (χ2v) is 4.94. The number of rotatable bonds is 2. The Morgan fingerprint density at radius 2 is 2.00 bits per heavy atom. The second kappa shape index (κ2) is 5.26. The average Bonchev–Trinajstić information content (AvgIpc) is 2.49. The van der Waals surface area contributed by atoms with E-state index in [0.717, 1.165) is 4.90 Å². The first-order valence-corrected chi connectivity index (χ1v) is 6.75. The lowest BCUT2D eigenvalue weighted by Gasteiger charge is -2.19.